The Morgan fingerprint density at radius 3 is 1.30 bits per heavy atom. The summed E-state index contributed by atoms with van der Waals surface area (Å²) in [5.74, 6) is 1.19. The van der Waals surface area contributed by atoms with E-state index in [0.717, 1.165) is 9.52 Å². The number of hydrogen-bond donors (Lipinski definition) is 0. The molecule has 0 fully saturated rings. The second kappa shape index (κ2) is 22.9. The predicted molar refractivity (Wildman–Crippen MR) is 286 cm³/mol. The molecule has 0 bridgehead atoms. The summed E-state index contributed by atoms with van der Waals surface area (Å²) in [5, 5.41) is 8.23. The standard InChI is InChI=1S/2C25H23.C12H7Si.2ClH.Zr/c2*1-3-18(2)22-16-21-14-15-23(19-10-6-4-7-11-19)25(24(21)17-22)20-12-8-5-9-13-20;1-3-7-11-9(5-1)10-6-2-4-8-12(10)13-11;;;/h2*4-18H,3H2,1-2H3;1-7H;2*1H;/q3*-1;;;+2/p-2. The van der Waals surface area contributed by atoms with Crippen molar-refractivity contribution in [3.63, 3.8) is 0 Å². The normalized spacial score (nSPS) is 12.0. The molecule has 1 aliphatic heterocycles. The average molecular weight is 988 g/mol. The molecule has 11 rings (SSSR count). The zero-order valence-electron chi connectivity index (χ0n) is 38.0. The van der Waals surface area contributed by atoms with E-state index in [1.165, 1.54) is 112 Å². The van der Waals surface area contributed by atoms with E-state index in [2.05, 4.69) is 240 Å². The Balaban J connectivity index is 0.000000136. The number of rotatable bonds is 8. The fraction of sp³-hybridized carbons (Fsp3) is 0.129. The van der Waals surface area contributed by atoms with E-state index < -0.39 is 20.8 Å². The topological polar surface area (TPSA) is 0 Å². The van der Waals surface area contributed by atoms with Gasteiger partial charge in [0.15, 0.2) is 0 Å². The molecule has 4 heteroatoms. The van der Waals surface area contributed by atoms with Crippen LogP contribution in [0, 0.1) is 6.07 Å². The van der Waals surface area contributed by atoms with Gasteiger partial charge in [0, 0.05) is 0 Å². The van der Waals surface area contributed by atoms with Crippen molar-refractivity contribution in [2.24, 2.45) is 0 Å². The Morgan fingerprint density at radius 2 is 0.864 bits per heavy atom. The molecule has 2 radical (unpaired) electrons. The third-order valence-corrected chi connectivity index (χ3v) is 14.2. The van der Waals surface area contributed by atoms with Gasteiger partial charge in [-0.3, -0.25) is 0 Å². The van der Waals surface area contributed by atoms with E-state index in [0.29, 0.717) is 11.8 Å². The molecule has 326 valence electrons. The number of halogens is 2. The van der Waals surface area contributed by atoms with Crippen molar-refractivity contribution in [3.8, 4) is 55.6 Å². The third-order valence-electron chi connectivity index (χ3n) is 12.8. The minimum atomic E-state index is -0.826. The van der Waals surface area contributed by atoms with Crippen LogP contribution in [0.15, 0.2) is 212 Å². The smallest absolute Gasteiger partial charge is 0.0920 e. The van der Waals surface area contributed by atoms with Crippen LogP contribution in [0.4, 0.5) is 0 Å². The number of hydrogen-bond acceptors (Lipinski definition) is 0. The zero-order chi connectivity index (χ0) is 45.8. The fourth-order valence-corrected chi connectivity index (χ4v) is 10.2. The van der Waals surface area contributed by atoms with Gasteiger partial charge in [-0.15, -0.1) is 62.5 Å². The van der Waals surface area contributed by atoms with Gasteiger partial charge in [0.05, 0.1) is 9.52 Å². The summed E-state index contributed by atoms with van der Waals surface area (Å²) in [7, 11) is 10.7. The van der Waals surface area contributed by atoms with Crippen molar-refractivity contribution in [3.05, 3.63) is 230 Å². The summed E-state index contributed by atoms with van der Waals surface area (Å²) < 4.78 is 0. The summed E-state index contributed by atoms with van der Waals surface area (Å²) in [4.78, 5) is 0. The van der Waals surface area contributed by atoms with Crippen LogP contribution in [-0.2, 0) is 20.8 Å². The largest absolute Gasteiger partial charge is 0.184 e. The van der Waals surface area contributed by atoms with E-state index in [4.69, 9.17) is 17.0 Å². The van der Waals surface area contributed by atoms with Gasteiger partial charge in [0.2, 0.25) is 0 Å². The van der Waals surface area contributed by atoms with Crippen LogP contribution in [-0.4, -0.2) is 9.52 Å². The molecule has 10 aromatic rings. The van der Waals surface area contributed by atoms with Crippen LogP contribution < -0.4 is 10.4 Å². The van der Waals surface area contributed by atoms with E-state index in [1.54, 1.807) is 0 Å². The molecule has 0 N–H and O–H groups in total. The van der Waals surface area contributed by atoms with Crippen molar-refractivity contribution >= 4 is 58.5 Å². The second-order valence-electron chi connectivity index (χ2n) is 16.8. The Hall–Kier alpha value is -5.34. The van der Waals surface area contributed by atoms with Crippen molar-refractivity contribution in [1.29, 1.82) is 0 Å². The maximum absolute atomic E-state index is 4.93. The van der Waals surface area contributed by atoms with Gasteiger partial charge in [-0.1, -0.05) is 220 Å². The van der Waals surface area contributed by atoms with Crippen molar-refractivity contribution in [2.75, 3.05) is 0 Å². The maximum atomic E-state index is 4.93. The Morgan fingerprint density at radius 1 is 0.470 bits per heavy atom. The second-order valence-corrected chi connectivity index (χ2v) is 21.9. The molecule has 1 aliphatic rings. The minimum absolute atomic E-state index is 0.594. The monoisotopic (exact) mass is 985 g/mol. The van der Waals surface area contributed by atoms with Crippen molar-refractivity contribution in [2.45, 2.75) is 52.4 Å². The molecule has 0 nitrogen and oxygen atoms in total. The number of benzene rings is 8. The summed E-state index contributed by atoms with van der Waals surface area (Å²) in [5.41, 5.74) is 16.1. The van der Waals surface area contributed by atoms with Gasteiger partial charge in [0.25, 0.3) is 0 Å². The molecular weight excluding hydrogens is 935 g/mol. The molecule has 0 aliphatic carbocycles. The molecule has 0 aromatic heterocycles. The van der Waals surface area contributed by atoms with Gasteiger partial charge < -0.3 is 0 Å². The molecule has 0 saturated carbocycles. The quantitative estimate of drug-likeness (QED) is 0.105. The Kier molecular flexibility index (Phi) is 16.4. The first-order chi connectivity index (χ1) is 32.4. The van der Waals surface area contributed by atoms with Gasteiger partial charge in [-0.05, 0) is 45.2 Å². The first kappa shape index (κ1) is 47.2. The van der Waals surface area contributed by atoms with Crippen LogP contribution in [0.3, 0.4) is 0 Å². The van der Waals surface area contributed by atoms with Crippen LogP contribution in [0.2, 0.25) is 0 Å². The first-order valence-electron chi connectivity index (χ1n) is 22.9. The van der Waals surface area contributed by atoms with E-state index in [9.17, 15) is 0 Å². The van der Waals surface area contributed by atoms with E-state index in [1.807, 2.05) is 6.07 Å². The molecule has 66 heavy (non-hydrogen) atoms. The van der Waals surface area contributed by atoms with Gasteiger partial charge in [0.1, 0.15) is 0 Å². The van der Waals surface area contributed by atoms with Crippen molar-refractivity contribution < 1.29 is 20.8 Å². The summed E-state index contributed by atoms with van der Waals surface area (Å²) >= 11 is -0.826. The van der Waals surface area contributed by atoms with Crippen LogP contribution in [0.5, 0.6) is 0 Å². The number of fused-ring (bicyclic) bond motifs is 5. The van der Waals surface area contributed by atoms with Gasteiger partial charge in [-0.2, -0.15) is 41.6 Å². The molecule has 0 spiro atoms. The first-order valence-corrected chi connectivity index (χ1v) is 30.3. The molecule has 0 saturated heterocycles. The van der Waals surface area contributed by atoms with Gasteiger partial charge in [-0.25, -0.2) is 0 Å². The summed E-state index contributed by atoms with van der Waals surface area (Å²) in [6, 6.07) is 79.8. The maximum Gasteiger partial charge on any atom is 0.0920 e. The summed E-state index contributed by atoms with van der Waals surface area (Å²) in [6.45, 7) is 9.15. The SMILES string of the molecule is CCC(C)c1cc2c(-c3ccccc3)c(-c3ccccc3)ccc2[cH-]1.CCC(C)c1cc2c(-c3ccccc3)c(-c3ccccc3)ccc2[cH-]1.[Cl][Zr][Cl].[c-]1cccc2c1[Si]c1ccccc1-2. The molecule has 0 amide bonds. The summed E-state index contributed by atoms with van der Waals surface area (Å²) in [6.07, 6.45) is 2.34. The van der Waals surface area contributed by atoms with Crippen molar-refractivity contribution in [1.82, 2.24) is 0 Å². The predicted octanol–water partition coefficient (Wildman–Crippen LogP) is 17.3. The third kappa shape index (κ3) is 10.8. The van der Waals surface area contributed by atoms with Crippen LogP contribution in [0.1, 0.15) is 63.5 Å². The average Bonchev–Trinajstić information content (AvgIpc) is 4.13. The van der Waals surface area contributed by atoms with E-state index >= 15 is 0 Å². The Labute approximate surface area is 413 Å². The molecule has 2 unspecified atom stereocenters. The zero-order valence-corrected chi connectivity index (χ0v) is 43.0. The molecule has 1 heterocycles. The minimum Gasteiger partial charge on any atom is -0.184 e. The van der Waals surface area contributed by atoms with E-state index in [-0.39, 0.29) is 0 Å². The van der Waals surface area contributed by atoms with Gasteiger partial charge >= 0.3 is 37.9 Å². The molecular formula is C62H53Cl2SiZr-3. The molecule has 2 atom stereocenters. The molecule has 10 aromatic carbocycles. The van der Waals surface area contributed by atoms with Crippen LogP contribution >= 0.6 is 17.0 Å². The fourth-order valence-electron chi connectivity index (χ4n) is 8.92. The Bertz CT molecular complexity index is 2890. The van der Waals surface area contributed by atoms with Crippen LogP contribution in [0.25, 0.3) is 77.2 Å².